The Kier molecular flexibility index (Phi) is 17.6. The Morgan fingerprint density at radius 1 is 1.09 bits per heavy atom. The Morgan fingerprint density at radius 3 is 2.06 bits per heavy atom. The van der Waals surface area contributed by atoms with E-state index in [1.54, 1.807) is 60.1 Å². The van der Waals surface area contributed by atoms with Crippen LogP contribution < -0.4 is 46.5 Å². The van der Waals surface area contributed by atoms with Gasteiger partial charge in [0.15, 0.2) is 0 Å². The fourth-order valence-corrected chi connectivity index (χ4v) is 2.05. The molecule has 0 aliphatic rings. The molecule has 0 saturated carbocycles. The summed E-state index contributed by atoms with van der Waals surface area (Å²) in [6.07, 6.45) is 3.35. The summed E-state index contributed by atoms with van der Waals surface area (Å²) in [5.74, 6) is -0.556. The van der Waals surface area contributed by atoms with E-state index in [-0.39, 0.29) is 41.4 Å². The third-order valence-corrected chi connectivity index (χ3v) is 3.34. The van der Waals surface area contributed by atoms with Crippen LogP contribution in [0.3, 0.4) is 0 Å². The van der Waals surface area contributed by atoms with Crippen LogP contribution in [-0.2, 0) is 15.9 Å². The Morgan fingerprint density at radius 2 is 1.64 bits per heavy atom. The van der Waals surface area contributed by atoms with Gasteiger partial charge in [-0.3, -0.25) is 0 Å². The summed E-state index contributed by atoms with van der Waals surface area (Å²) in [7, 11) is 2.66. The Labute approximate surface area is 213 Å². The van der Waals surface area contributed by atoms with Gasteiger partial charge in [-0.2, -0.15) is 22.1 Å². The van der Waals surface area contributed by atoms with Crippen molar-refractivity contribution in [2.45, 2.75) is 6.42 Å². The molecule has 0 radical (unpaired) electrons. The van der Waals surface area contributed by atoms with Crippen molar-refractivity contribution in [3.05, 3.63) is 76.7 Å². The second kappa shape index (κ2) is 18.7. The third-order valence-electron chi connectivity index (χ3n) is 3.34. The van der Waals surface area contributed by atoms with Crippen LogP contribution in [0.5, 0.6) is 0 Å². The van der Waals surface area contributed by atoms with Crippen LogP contribution in [0, 0.1) is 29.5 Å². The zero-order valence-electron chi connectivity index (χ0n) is 18.4. The summed E-state index contributed by atoms with van der Waals surface area (Å²) >= 11 is 0. The monoisotopic (exact) mass is 458 g/mol. The molecule has 0 spiro atoms. The van der Waals surface area contributed by atoms with E-state index in [0.717, 1.165) is 5.56 Å². The smallest absolute Gasteiger partial charge is 0.465 e. The third kappa shape index (κ3) is 13.8. The molecular weight excluding hydrogens is 437 g/mol. The maximum atomic E-state index is 11.2. The van der Waals surface area contributed by atoms with Crippen LogP contribution in [0.1, 0.15) is 26.3 Å². The molecule has 0 saturated heterocycles. The Bertz CT molecular complexity index is 1060. The van der Waals surface area contributed by atoms with Gasteiger partial charge >= 0.3 is 41.5 Å². The maximum absolute atomic E-state index is 11.2. The van der Waals surface area contributed by atoms with Crippen LogP contribution in [-0.4, -0.2) is 32.0 Å². The molecule has 2 aromatic rings. The van der Waals surface area contributed by atoms with Crippen LogP contribution >= 0.6 is 0 Å². The molecule has 0 amide bonds. The maximum Gasteiger partial charge on any atom is 1.00 e. The molecule has 2 aromatic carbocycles. The van der Waals surface area contributed by atoms with Crippen LogP contribution in [0.2, 0.25) is 0 Å². The molecule has 0 heterocycles. The van der Waals surface area contributed by atoms with Gasteiger partial charge in [0.1, 0.15) is 5.84 Å². The summed E-state index contributed by atoms with van der Waals surface area (Å²) in [4.78, 5) is 28.0. The van der Waals surface area contributed by atoms with Crippen LogP contribution in [0.15, 0.2) is 53.5 Å². The van der Waals surface area contributed by atoms with Crippen molar-refractivity contribution in [3.63, 3.8) is 0 Å². The number of rotatable bonds is 4. The van der Waals surface area contributed by atoms with E-state index < -0.39 is 5.97 Å². The zero-order chi connectivity index (χ0) is 24.4. The largest absolute Gasteiger partial charge is 1.00 e. The van der Waals surface area contributed by atoms with Crippen molar-refractivity contribution in [3.8, 4) is 12.4 Å². The summed E-state index contributed by atoms with van der Waals surface area (Å²) in [5, 5.41) is 15.8. The minimum atomic E-state index is -0.405. The second-order valence-electron chi connectivity index (χ2n) is 5.52. The molecule has 0 aliphatic heterocycles. The average molecular weight is 458 g/mol. The topological polar surface area (TPSA) is 181 Å². The number of nitrogens with zero attached hydrogens (tertiary/aromatic N) is 4. The number of esters is 2. The van der Waals surface area contributed by atoms with Gasteiger partial charge in [0, 0.05) is 12.1 Å². The first-order chi connectivity index (χ1) is 15.3. The number of carbonyl (C=O) groups excluding carboxylic acids is 2. The number of nitrogens with two attached hydrogens (primary N) is 2. The predicted molar refractivity (Wildman–Crippen MR) is 116 cm³/mol. The number of aliphatic imine (C=N–C) groups is 1. The normalized spacial score (nSPS) is 8.76. The minimum Gasteiger partial charge on any atom is -0.465 e. The van der Waals surface area contributed by atoms with E-state index in [1.807, 2.05) is 0 Å². The van der Waals surface area contributed by atoms with Crippen molar-refractivity contribution in [2.75, 3.05) is 20.0 Å². The van der Waals surface area contributed by atoms with Gasteiger partial charge in [0.25, 0.3) is 0 Å². The van der Waals surface area contributed by atoms with E-state index in [0.29, 0.717) is 23.2 Å². The number of nitrogens with one attached hydrogen (secondary N) is 1. The van der Waals surface area contributed by atoms with E-state index in [4.69, 9.17) is 28.6 Å². The van der Waals surface area contributed by atoms with E-state index in [2.05, 4.69) is 19.4 Å². The number of carbonyl (C=O) groups is 2. The number of nitriles is 2. The molecule has 12 heteroatoms. The van der Waals surface area contributed by atoms with Gasteiger partial charge in [0.05, 0.1) is 25.3 Å². The van der Waals surface area contributed by atoms with Crippen molar-refractivity contribution < 1.29 is 48.6 Å². The van der Waals surface area contributed by atoms with Crippen molar-refractivity contribution in [1.82, 2.24) is 5.43 Å². The number of nitrogen functional groups attached to an aromatic ring is 1. The number of amidine groups is 1. The molecule has 164 valence electrons. The summed E-state index contributed by atoms with van der Waals surface area (Å²) in [6, 6.07) is 13.5. The van der Waals surface area contributed by atoms with Gasteiger partial charge in [-0.05, 0) is 41.3 Å². The molecule has 0 bridgehead atoms. The predicted octanol–water partition coefficient (Wildman–Crippen LogP) is -1.20. The van der Waals surface area contributed by atoms with Gasteiger partial charge in [0.2, 0.25) is 12.4 Å². The van der Waals surface area contributed by atoms with E-state index in [1.165, 1.54) is 20.4 Å². The Hall–Kier alpha value is -4.08. The van der Waals surface area contributed by atoms with Gasteiger partial charge in [-0.1, -0.05) is 18.2 Å². The van der Waals surface area contributed by atoms with E-state index in [9.17, 15) is 9.59 Å². The summed E-state index contributed by atoms with van der Waals surface area (Å²) in [5.41, 5.74) is 14.9. The fourth-order valence-electron chi connectivity index (χ4n) is 2.05. The average Bonchev–Trinajstić information content (AvgIpc) is 2.79. The molecule has 0 aromatic heterocycles. The Balaban J connectivity index is 0. The summed E-state index contributed by atoms with van der Waals surface area (Å²) < 4.78 is 9.09. The number of anilines is 1. The van der Waals surface area contributed by atoms with Crippen molar-refractivity contribution >= 4 is 23.5 Å². The molecule has 0 fully saturated rings. The summed E-state index contributed by atoms with van der Waals surface area (Å²) in [6.45, 7) is 5.89. The van der Waals surface area contributed by atoms with Crippen LogP contribution in [0.25, 0.3) is 4.95 Å². The molecule has 2 rings (SSSR count). The van der Waals surface area contributed by atoms with Gasteiger partial charge in [-0.15, -0.1) is 4.95 Å². The molecule has 0 atom stereocenters. The molecule has 11 nitrogen and oxygen atoms in total. The first-order valence-corrected chi connectivity index (χ1v) is 8.65. The van der Waals surface area contributed by atoms with Gasteiger partial charge in [-0.25, -0.2) is 9.59 Å². The minimum absolute atomic E-state index is 0. The molecule has 0 unspecified atom stereocenters. The first kappa shape index (κ1) is 31.1. The second-order valence-corrected chi connectivity index (χ2v) is 5.52. The van der Waals surface area contributed by atoms with Gasteiger partial charge < -0.3 is 20.9 Å². The van der Waals surface area contributed by atoms with E-state index >= 15 is 0 Å². The number of methoxy groups -OCH3 is 2. The molecule has 33 heavy (non-hydrogen) atoms. The molecular formula is C21H21N7NaO4+. The molecule has 0 aliphatic carbocycles. The standard InChI is InChI=1S/C11H11N3O2.C8H9NO2.C2HN3.Na/c1-16-11(15)9-4-2-3-8(5-9)6-10(13)14-7-12;1-11-8(10)6-3-2-4-7(9)5-6;1-4-5-2-3;/h2-5H,6H2,1H3,(H2,13,14);2-5H,9H2,1H3;5H;/q;;;+1. The number of ether oxygens (including phenoxy) is 2. The number of benzene rings is 2. The quantitative estimate of drug-likeness (QED) is 0.0584. The zero-order valence-corrected chi connectivity index (χ0v) is 20.4. The molecule has 5 N–H and O–H groups in total. The number of hydrogen-bond donors (Lipinski definition) is 3. The van der Waals surface area contributed by atoms with Crippen molar-refractivity contribution in [2.24, 2.45) is 10.7 Å². The van der Waals surface area contributed by atoms with Crippen molar-refractivity contribution in [1.29, 1.82) is 10.5 Å². The number of hydrogen-bond acceptors (Lipinski definition) is 9. The fraction of sp³-hybridized carbons (Fsp3) is 0.143. The SMILES string of the molecule is COC(=O)c1cccc(CC(N)=NC#N)c1.COC(=O)c1cccc(N)c1.[C-]#[N+]NC#N.[Na+]. The first-order valence-electron chi connectivity index (χ1n) is 8.65. The van der Waals surface area contributed by atoms with Crippen LogP contribution in [0.4, 0.5) is 5.69 Å².